The molecular weight excluding hydrogens is 322 g/mol. The number of rotatable bonds is 1. The van der Waals surface area contributed by atoms with Crippen molar-refractivity contribution < 1.29 is 26.3 Å². The molecule has 21 heavy (non-hydrogen) atoms. The molecule has 0 atom stereocenters. The molecule has 0 aliphatic carbocycles. The Morgan fingerprint density at radius 1 is 1.10 bits per heavy atom. The Bertz CT molecular complexity index is 505. The maximum Gasteiger partial charge on any atom is 0.419 e. The Labute approximate surface area is 121 Å². The van der Waals surface area contributed by atoms with Crippen molar-refractivity contribution in [1.29, 1.82) is 0 Å². The summed E-state index contributed by atoms with van der Waals surface area (Å²) < 4.78 is 76.5. The van der Waals surface area contributed by atoms with Crippen LogP contribution in [-0.4, -0.2) is 24.2 Å². The number of pyridine rings is 1. The van der Waals surface area contributed by atoms with Crippen molar-refractivity contribution >= 4 is 17.3 Å². The fraction of sp³-hybridized carbons (Fsp3) is 0.583. The standard InChI is InChI=1S/C12H11ClF6N2/c13-10-5-9(8(6-20-10)12(17,18)19)21-3-1-7(2-4-21)11(14,15)16/h5-7H,1-4H2. The van der Waals surface area contributed by atoms with Gasteiger partial charge in [0.2, 0.25) is 0 Å². The van der Waals surface area contributed by atoms with Crippen molar-refractivity contribution in [2.75, 3.05) is 18.0 Å². The van der Waals surface area contributed by atoms with E-state index in [1.807, 2.05) is 0 Å². The highest BCUT2D eigenvalue weighted by atomic mass is 35.5. The van der Waals surface area contributed by atoms with E-state index in [0.29, 0.717) is 6.20 Å². The van der Waals surface area contributed by atoms with Crippen molar-refractivity contribution in [3.63, 3.8) is 0 Å². The first-order valence-electron chi connectivity index (χ1n) is 6.13. The van der Waals surface area contributed by atoms with Crippen LogP contribution in [0.25, 0.3) is 0 Å². The second-order valence-electron chi connectivity index (χ2n) is 4.82. The lowest BCUT2D eigenvalue weighted by atomic mass is 9.95. The molecule has 2 heterocycles. The van der Waals surface area contributed by atoms with Crippen molar-refractivity contribution in [1.82, 2.24) is 4.98 Å². The van der Waals surface area contributed by atoms with E-state index in [1.165, 1.54) is 4.90 Å². The van der Waals surface area contributed by atoms with Crippen LogP contribution in [0.1, 0.15) is 18.4 Å². The van der Waals surface area contributed by atoms with E-state index in [0.717, 1.165) is 6.07 Å². The van der Waals surface area contributed by atoms with Crippen LogP contribution in [-0.2, 0) is 6.18 Å². The SMILES string of the molecule is FC(F)(F)c1cnc(Cl)cc1N1CCC(C(F)(F)F)CC1. The average molecular weight is 333 g/mol. The maximum atomic E-state index is 12.9. The van der Waals surface area contributed by atoms with Crippen LogP contribution < -0.4 is 4.90 Å². The van der Waals surface area contributed by atoms with Gasteiger partial charge in [-0.1, -0.05) is 11.6 Å². The summed E-state index contributed by atoms with van der Waals surface area (Å²) in [7, 11) is 0. The number of aromatic nitrogens is 1. The van der Waals surface area contributed by atoms with Crippen LogP contribution in [0.2, 0.25) is 5.15 Å². The minimum atomic E-state index is -4.63. The molecule has 2 nitrogen and oxygen atoms in total. The average Bonchev–Trinajstić information content (AvgIpc) is 2.36. The summed E-state index contributed by atoms with van der Waals surface area (Å²) in [6, 6.07) is 1.04. The molecule has 0 aromatic carbocycles. The molecule has 0 radical (unpaired) electrons. The van der Waals surface area contributed by atoms with Gasteiger partial charge in [-0.2, -0.15) is 26.3 Å². The number of alkyl halides is 6. The lowest BCUT2D eigenvalue weighted by molar-refractivity contribution is -0.179. The predicted molar refractivity (Wildman–Crippen MR) is 65.2 cm³/mol. The summed E-state index contributed by atoms with van der Waals surface area (Å²) in [4.78, 5) is 4.67. The number of piperidine rings is 1. The smallest absolute Gasteiger partial charge is 0.371 e. The van der Waals surface area contributed by atoms with Gasteiger partial charge in [-0.25, -0.2) is 4.98 Å². The van der Waals surface area contributed by atoms with Gasteiger partial charge in [-0.05, 0) is 18.9 Å². The molecule has 1 aliphatic heterocycles. The number of hydrogen-bond acceptors (Lipinski definition) is 2. The van der Waals surface area contributed by atoms with E-state index >= 15 is 0 Å². The Kier molecular flexibility index (Phi) is 4.28. The third-order valence-electron chi connectivity index (χ3n) is 3.45. The molecule has 1 saturated heterocycles. The number of halogens is 7. The first-order valence-corrected chi connectivity index (χ1v) is 6.51. The molecule has 0 unspecified atom stereocenters. The van der Waals surface area contributed by atoms with Gasteiger partial charge < -0.3 is 4.90 Å². The number of hydrogen-bond donors (Lipinski definition) is 0. The first-order chi connectivity index (χ1) is 9.59. The molecule has 0 bridgehead atoms. The zero-order chi connectivity index (χ0) is 15.8. The lowest BCUT2D eigenvalue weighted by Gasteiger charge is -2.35. The van der Waals surface area contributed by atoms with Gasteiger partial charge in [-0.15, -0.1) is 0 Å². The molecule has 0 amide bonds. The van der Waals surface area contributed by atoms with E-state index in [4.69, 9.17) is 11.6 Å². The fourth-order valence-electron chi connectivity index (χ4n) is 2.35. The summed E-state index contributed by atoms with van der Waals surface area (Å²) in [5.74, 6) is -1.47. The van der Waals surface area contributed by atoms with Gasteiger partial charge in [0.25, 0.3) is 0 Å². The molecular formula is C12H11ClF6N2. The quantitative estimate of drug-likeness (QED) is 0.555. The molecule has 1 aromatic rings. The third kappa shape index (κ3) is 3.72. The Balaban J connectivity index is 2.22. The highest BCUT2D eigenvalue weighted by Gasteiger charge is 2.42. The lowest BCUT2D eigenvalue weighted by Crippen LogP contribution is -2.39. The van der Waals surface area contributed by atoms with Crippen LogP contribution in [0.15, 0.2) is 12.3 Å². The van der Waals surface area contributed by atoms with Gasteiger partial charge in [0.15, 0.2) is 0 Å². The molecule has 1 fully saturated rings. The zero-order valence-electron chi connectivity index (χ0n) is 10.6. The number of nitrogens with zero attached hydrogens (tertiary/aromatic N) is 2. The van der Waals surface area contributed by atoms with Gasteiger partial charge >= 0.3 is 12.4 Å². The van der Waals surface area contributed by atoms with Crippen LogP contribution >= 0.6 is 11.6 Å². The third-order valence-corrected chi connectivity index (χ3v) is 3.66. The summed E-state index contributed by atoms with van der Waals surface area (Å²) >= 11 is 5.60. The minimum absolute atomic E-state index is 0.104. The van der Waals surface area contributed by atoms with E-state index < -0.39 is 23.8 Å². The van der Waals surface area contributed by atoms with Gasteiger partial charge in [-0.3, -0.25) is 0 Å². The summed E-state index contributed by atoms with van der Waals surface area (Å²) in [6.07, 6.45) is -8.81. The summed E-state index contributed by atoms with van der Waals surface area (Å²) in [5, 5.41) is -0.129. The van der Waals surface area contributed by atoms with Crippen LogP contribution in [0.4, 0.5) is 32.0 Å². The largest absolute Gasteiger partial charge is 0.419 e. The minimum Gasteiger partial charge on any atom is -0.371 e. The molecule has 2 rings (SSSR count). The Hall–Kier alpha value is -1.18. The van der Waals surface area contributed by atoms with Crippen molar-refractivity contribution in [2.24, 2.45) is 5.92 Å². The van der Waals surface area contributed by atoms with E-state index in [1.54, 1.807) is 0 Å². The van der Waals surface area contributed by atoms with Crippen LogP contribution in [0.3, 0.4) is 0 Å². The monoisotopic (exact) mass is 332 g/mol. The second kappa shape index (κ2) is 5.55. The highest BCUT2D eigenvalue weighted by Crippen LogP contribution is 2.40. The molecule has 0 N–H and O–H groups in total. The van der Waals surface area contributed by atoms with Gasteiger partial charge in [0.1, 0.15) is 5.15 Å². The normalized spacial score (nSPS) is 18.1. The van der Waals surface area contributed by atoms with E-state index in [-0.39, 0.29) is 36.8 Å². The fourth-order valence-corrected chi connectivity index (χ4v) is 2.50. The van der Waals surface area contributed by atoms with Gasteiger partial charge in [0.05, 0.1) is 17.2 Å². The Morgan fingerprint density at radius 2 is 1.67 bits per heavy atom. The number of anilines is 1. The Morgan fingerprint density at radius 3 is 2.14 bits per heavy atom. The van der Waals surface area contributed by atoms with Crippen molar-refractivity contribution in [3.8, 4) is 0 Å². The summed E-state index contributed by atoms with van der Waals surface area (Å²) in [6.45, 7) is -0.207. The zero-order valence-corrected chi connectivity index (χ0v) is 11.4. The van der Waals surface area contributed by atoms with Gasteiger partial charge in [0, 0.05) is 19.3 Å². The maximum absolute atomic E-state index is 12.9. The predicted octanol–water partition coefficient (Wildman–Crippen LogP) is 4.53. The molecule has 1 aliphatic rings. The van der Waals surface area contributed by atoms with Crippen LogP contribution in [0, 0.1) is 5.92 Å². The first kappa shape index (κ1) is 16.2. The molecule has 118 valence electrons. The molecule has 0 saturated carbocycles. The van der Waals surface area contributed by atoms with Crippen molar-refractivity contribution in [3.05, 3.63) is 23.0 Å². The van der Waals surface area contributed by atoms with E-state index in [9.17, 15) is 26.3 Å². The van der Waals surface area contributed by atoms with E-state index in [2.05, 4.69) is 4.98 Å². The molecule has 0 spiro atoms. The highest BCUT2D eigenvalue weighted by molar-refractivity contribution is 6.29. The molecule has 1 aromatic heterocycles. The topological polar surface area (TPSA) is 16.1 Å². The van der Waals surface area contributed by atoms with Crippen LogP contribution in [0.5, 0.6) is 0 Å². The second-order valence-corrected chi connectivity index (χ2v) is 5.21. The molecule has 9 heteroatoms. The van der Waals surface area contributed by atoms with Crippen molar-refractivity contribution in [2.45, 2.75) is 25.2 Å². The summed E-state index contributed by atoms with van der Waals surface area (Å²) in [5.41, 5.74) is -1.21.